The van der Waals surface area contributed by atoms with Crippen LogP contribution in [0, 0.1) is 6.07 Å². The number of rotatable bonds is 4. The van der Waals surface area contributed by atoms with Gasteiger partial charge < -0.3 is 0 Å². The van der Waals surface area contributed by atoms with Crippen molar-refractivity contribution in [3.05, 3.63) is 145 Å². The molecule has 0 spiro atoms. The average molecular weight is 728 g/mol. The van der Waals surface area contributed by atoms with Crippen LogP contribution in [0.5, 0.6) is 0 Å². The van der Waals surface area contributed by atoms with Gasteiger partial charge in [0.05, 0.1) is 0 Å². The fourth-order valence-electron chi connectivity index (χ4n) is 5.76. The smallest absolute Gasteiger partial charge is 0.0809 e. The monoisotopic (exact) mass is 725 g/mol. The number of hydrogen-bond acceptors (Lipinski definition) is 0. The van der Waals surface area contributed by atoms with E-state index >= 15 is 0 Å². The summed E-state index contributed by atoms with van der Waals surface area (Å²) in [6.45, 7) is 6.56. The molecule has 6 aromatic carbocycles. The Hall–Kier alpha value is -2.22. The van der Waals surface area contributed by atoms with Crippen molar-refractivity contribution in [2.75, 3.05) is 0 Å². The van der Waals surface area contributed by atoms with Crippen LogP contribution in [0.2, 0.25) is 13.1 Å². The molecule has 0 saturated heterocycles. The third-order valence-electron chi connectivity index (χ3n) is 7.80. The normalized spacial score (nSPS) is 12.3. The molecule has 0 N–H and O–H groups in total. The van der Waals surface area contributed by atoms with Crippen LogP contribution in [0.1, 0.15) is 62.5 Å². The first kappa shape index (κ1) is 37.2. The van der Waals surface area contributed by atoms with E-state index in [1.807, 2.05) is 30.3 Å². The van der Waals surface area contributed by atoms with Crippen LogP contribution in [0.4, 0.5) is 0 Å². The van der Waals surface area contributed by atoms with Crippen LogP contribution < -0.4 is 0 Å². The van der Waals surface area contributed by atoms with Gasteiger partial charge in [0.15, 0.2) is 0 Å². The maximum Gasteiger partial charge on any atom is -0.0809 e. The van der Waals surface area contributed by atoms with Crippen molar-refractivity contribution in [2.45, 2.75) is 70.9 Å². The zero-order chi connectivity index (χ0) is 32.1. The van der Waals surface area contributed by atoms with Crippen LogP contribution in [-0.4, -0.2) is 9.52 Å². The fraction of sp³-hybridized carbons (Fsp3) is 0.268. The summed E-state index contributed by atoms with van der Waals surface area (Å²) in [7, 11) is 11.0. The molecule has 0 unspecified atom stereocenters. The molecule has 2 radical (unpaired) electrons. The van der Waals surface area contributed by atoms with E-state index < -0.39 is 20.8 Å². The van der Waals surface area contributed by atoms with Crippen molar-refractivity contribution >= 4 is 48.1 Å². The first-order valence-corrected chi connectivity index (χ1v) is 24.3. The summed E-state index contributed by atoms with van der Waals surface area (Å²) in [4.78, 5) is 0. The molecule has 1 fully saturated rings. The molecule has 0 aromatic heterocycles. The third-order valence-corrected chi connectivity index (χ3v) is 7.80. The predicted molar refractivity (Wildman–Crippen MR) is 199 cm³/mol. The predicted octanol–water partition coefficient (Wildman–Crippen LogP) is 13.4. The number of benzene rings is 4. The van der Waals surface area contributed by atoms with Crippen LogP contribution in [0.15, 0.2) is 127 Å². The third kappa shape index (κ3) is 12.8. The van der Waals surface area contributed by atoms with Crippen LogP contribution >= 0.6 is 17.0 Å². The summed E-state index contributed by atoms with van der Waals surface area (Å²) < 4.78 is 0. The second-order valence-electron chi connectivity index (χ2n) is 11.2. The summed E-state index contributed by atoms with van der Waals surface area (Å²) >= 11 is -0.826. The molecule has 6 aromatic rings. The molecule has 45 heavy (non-hydrogen) atoms. The topological polar surface area (TPSA) is 0 Å². The van der Waals surface area contributed by atoms with E-state index in [4.69, 9.17) is 17.0 Å². The van der Waals surface area contributed by atoms with E-state index in [-0.39, 0.29) is 0 Å². The zero-order valence-corrected chi connectivity index (χ0v) is 31.9. The van der Waals surface area contributed by atoms with Gasteiger partial charge in [-0.05, 0) is 36.3 Å². The van der Waals surface area contributed by atoms with Gasteiger partial charge in [-0.1, -0.05) is 87.7 Å². The largest absolute Gasteiger partial charge is 0.184 e. The Morgan fingerprint density at radius 1 is 0.800 bits per heavy atom. The molecule has 4 heteroatoms. The number of fused-ring (bicyclic) bond motifs is 2. The van der Waals surface area contributed by atoms with Crippen LogP contribution in [-0.2, 0) is 27.3 Å². The molecule has 7 rings (SSSR count). The van der Waals surface area contributed by atoms with Gasteiger partial charge in [-0.15, -0.1) is 64.2 Å². The minimum Gasteiger partial charge on any atom is -0.184 e. The Labute approximate surface area is 293 Å². The average Bonchev–Trinajstić information content (AvgIpc) is 3.75. The van der Waals surface area contributed by atoms with Crippen molar-refractivity contribution in [1.82, 2.24) is 0 Å². The van der Waals surface area contributed by atoms with Crippen molar-refractivity contribution in [3.63, 3.8) is 0 Å². The van der Waals surface area contributed by atoms with Crippen LogP contribution in [0.25, 0.3) is 32.7 Å². The molecule has 1 aliphatic rings. The molecule has 0 atom stereocenters. The Bertz CT molecular complexity index is 1520. The molecule has 0 heterocycles. The number of hydrogen-bond donors (Lipinski definition) is 0. The van der Waals surface area contributed by atoms with Gasteiger partial charge in [-0.25, -0.2) is 0 Å². The minimum atomic E-state index is -0.826. The van der Waals surface area contributed by atoms with E-state index in [2.05, 4.69) is 123 Å². The van der Waals surface area contributed by atoms with Gasteiger partial charge in [0.1, 0.15) is 0 Å². The van der Waals surface area contributed by atoms with Crippen molar-refractivity contribution in [1.29, 1.82) is 0 Å². The Balaban J connectivity index is 0.000000213. The zero-order valence-electron chi connectivity index (χ0n) is 26.9. The summed E-state index contributed by atoms with van der Waals surface area (Å²) in [5, 5.41) is 5.45. The SMILES string of the molecule is CCCc1cc2c(-c3ccc(C4CCCCC4)cc3)cccc2[cH-]1.C[Si]C.[Cl][Zr][Cl].[c-]1ccccc1.c1ccc2[cH-]ccc2c1. The minimum absolute atomic E-state index is 0.790. The number of aryl methyl sites for hydroxylation is 1. The summed E-state index contributed by atoms with van der Waals surface area (Å²) in [5.41, 5.74) is 5.75. The molecule has 1 saturated carbocycles. The van der Waals surface area contributed by atoms with Gasteiger partial charge in [0.2, 0.25) is 0 Å². The molecule has 0 aliphatic heterocycles. The summed E-state index contributed by atoms with van der Waals surface area (Å²) in [6, 6.07) is 48.1. The second kappa shape index (κ2) is 22.3. The Morgan fingerprint density at radius 2 is 1.47 bits per heavy atom. The van der Waals surface area contributed by atoms with Crippen molar-refractivity contribution in [3.8, 4) is 11.1 Å². The van der Waals surface area contributed by atoms with Crippen molar-refractivity contribution in [2.24, 2.45) is 0 Å². The van der Waals surface area contributed by atoms with E-state index in [1.54, 1.807) is 5.56 Å². The van der Waals surface area contributed by atoms with Gasteiger partial charge in [0, 0.05) is 9.52 Å². The van der Waals surface area contributed by atoms with E-state index in [0.717, 1.165) is 15.4 Å². The van der Waals surface area contributed by atoms with Gasteiger partial charge in [0.25, 0.3) is 0 Å². The van der Waals surface area contributed by atoms with Gasteiger partial charge in [-0.2, -0.15) is 60.0 Å². The Morgan fingerprint density at radius 3 is 2.07 bits per heavy atom. The van der Waals surface area contributed by atoms with Crippen molar-refractivity contribution < 1.29 is 20.8 Å². The molecule has 234 valence electrons. The molecule has 0 amide bonds. The van der Waals surface area contributed by atoms with Gasteiger partial charge >= 0.3 is 37.9 Å². The molecule has 0 bridgehead atoms. The Kier molecular flexibility index (Phi) is 18.5. The first-order chi connectivity index (χ1) is 22.1. The second-order valence-corrected chi connectivity index (χ2v) is 15.9. The van der Waals surface area contributed by atoms with E-state index in [0.29, 0.717) is 0 Å². The van der Waals surface area contributed by atoms with Crippen LogP contribution in [0.3, 0.4) is 0 Å². The standard InChI is InChI=1S/C24H27.C9H7.C6H5.C2H6Si.2ClH.Zr/c1-2-7-18-16-22-10-6-11-23(24(22)17-18)21-14-12-20(13-15-21)19-8-4-3-5-9-19;1-2-5-9-7-3-6-8(9)4-1;1-2-4-6-5-3-1;1-3-2;;;/h6,10-17,19H,2-5,7-9H2,1H3;1-7H;1-5H;1-2H3;2*1H;/q3*-1;;;;+2/p-2. The molecule has 0 nitrogen and oxygen atoms in total. The first-order valence-electron chi connectivity index (χ1n) is 16.0. The fourth-order valence-corrected chi connectivity index (χ4v) is 5.76. The number of halogens is 2. The van der Waals surface area contributed by atoms with E-state index in [1.165, 1.54) is 83.2 Å². The van der Waals surface area contributed by atoms with Gasteiger partial charge in [-0.3, -0.25) is 0 Å². The molecular weight excluding hydrogens is 683 g/mol. The molecule has 1 aliphatic carbocycles. The maximum absolute atomic E-state index is 4.93. The summed E-state index contributed by atoms with van der Waals surface area (Å²) in [5.74, 6) is 0.790. The maximum atomic E-state index is 4.93. The van der Waals surface area contributed by atoms with E-state index in [9.17, 15) is 0 Å². The molecular formula is C41H45Cl2SiZr-3. The summed E-state index contributed by atoms with van der Waals surface area (Å²) in [6.07, 6.45) is 9.36. The quantitative estimate of drug-likeness (QED) is 0.125.